The fraction of sp³-hybridized carbons (Fsp3) is 0.0833. The molecule has 28 heavy (non-hydrogen) atoms. The van der Waals surface area contributed by atoms with Gasteiger partial charge in [0.2, 0.25) is 6.79 Å². The van der Waals surface area contributed by atoms with Crippen molar-refractivity contribution in [3.8, 4) is 11.5 Å². The number of ether oxygens (including phenoxy) is 2. The first-order chi connectivity index (χ1) is 13.7. The highest BCUT2D eigenvalue weighted by molar-refractivity contribution is 5.49. The number of hydrogen-bond donors (Lipinski definition) is 1. The average molecular weight is 374 g/mol. The Hall–Kier alpha value is -3.34. The van der Waals surface area contributed by atoms with Crippen LogP contribution >= 0.6 is 0 Å². The largest absolute Gasteiger partial charge is 0.458 e. The maximum Gasteiger partial charge on any atom is 0.230 e. The predicted octanol–water partition coefficient (Wildman–Crippen LogP) is 5.97. The van der Waals surface area contributed by atoms with Crippen LogP contribution in [-0.4, -0.2) is 12.1 Å². The summed E-state index contributed by atoms with van der Waals surface area (Å²) >= 11 is 0. The molecule has 4 nitrogen and oxygen atoms in total. The van der Waals surface area contributed by atoms with Crippen LogP contribution in [0.25, 0.3) is 12.2 Å². The summed E-state index contributed by atoms with van der Waals surface area (Å²) in [5, 5.41) is 9.36. The van der Waals surface area contributed by atoms with Crippen LogP contribution in [0.15, 0.2) is 86.0 Å². The van der Waals surface area contributed by atoms with Gasteiger partial charge in [-0.05, 0) is 46.5 Å². The Balaban J connectivity index is 1.59. The lowest BCUT2D eigenvalue weighted by atomic mass is 10.0. The first-order valence-corrected chi connectivity index (χ1v) is 8.84. The lowest BCUT2D eigenvalue weighted by Gasteiger charge is -2.15. The Morgan fingerprint density at radius 3 is 1.50 bits per heavy atom. The van der Waals surface area contributed by atoms with Crippen molar-refractivity contribution in [3.05, 3.63) is 108 Å². The highest BCUT2D eigenvalue weighted by Gasteiger charge is 2.15. The molecule has 4 heteroatoms. The fourth-order valence-corrected chi connectivity index (χ4v) is 2.73. The SMILES string of the molecule is C=Cc1ccc(OCOc2ccc(C(OO)c3ccc(C=C)cc3)cc2)cc1. The van der Waals surface area contributed by atoms with Crippen molar-refractivity contribution in [1.82, 2.24) is 0 Å². The second kappa shape index (κ2) is 9.55. The van der Waals surface area contributed by atoms with Gasteiger partial charge in [-0.1, -0.05) is 73.8 Å². The first-order valence-electron chi connectivity index (χ1n) is 8.84. The Morgan fingerprint density at radius 1 is 0.679 bits per heavy atom. The molecule has 0 heterocycles. The van der Waals surface area contributed by atoms with E-state index in [9.17, 15) is 5.26 Å². The number of benzene rings is 3. The van der Waals surface area contributed by atoms with E-state index < -0.39 is 6.10 Å². The van der Waals surface area contributed by atoms with Crippen LogP contribution in [0.5, 0.6) is 11.5 Å². The van der Waals surface area contributed by atoms with Crippen LogP contribution in [0.4, 0.5) is 0 Å². The third-order valence-corrected chi connectivity index (χ3v) is 4.33. The van der Waals surface area contributed by atoms with Gasteiger partial charge in [0, 0.05) is 0 Å². The van der Waals surface area contributed by atoms with E-state index in [0.717, 1.165) is 28.0 Å². The van der Waals surface area contributed by atoms with Crippen LogP contribution in [0.2, 0.25) is 0 Å². The van der Waals surface area contributed by atoms with Crippen molar-refractivity contribution in [2.24, 2.45) is 0 Å². The maximum absolute atomic E-state index is 9.36. The Kier molecular flexibility index (Phi) is 6.63. The monoisotopic (exact) mass is 374 g/mol. The molecule has 0 aliphatic rings. The zero-order chi connectivity index (χ0) is 19.8. The summed E-state index contributed by atoms with van der Waals surface area (Å²) in [5.74, 6) is 1.38. The van der Waals surface area contributed by atoms with Gasteiger partial charge in [-0.25, -0.2) is 4.89 Å². The van der Waals surface area contributed by atoms with Gasteiger partial charge in [0.05, 0.1) is 0 Å². The quantitative estimate of drug-likeness (QED) is 0.285. The van der Waals surface area contributed by atoms with Gasteiger partial charge in [-0.15, -0.1) is 0 Å². The van der Waals surface area contributed by atoms with E-state index in [-0.39, 0.29) is 6.79 Å². The van der Waals surface area contributed by atoms with Gasteiger partial charge < -0.3 is 9.47 Å². The van der Waals surface area contributed by atoms with Crippen molar-refractivity contribution >= 4 is 12.2 Å². The van der Waals surface area contributed by atoms with Gasteiger partial charge in [-0.2, -0.15) is 0 Å². The molecule has 142 valence electrons. The molecule has 0 saturated carbocycles. The molecule has 0 spiro atoms. The van der Waals surface area contributed by atoms with E-state index in [1.54, 1.807) is 12.2 Å². The third-order valence-electron chi connectivity index (χ3n) is 4.33. The minimum Gasteiger partial charge on any atom is -0.458 e. The Morgan fingerprint density at radius 2 is 1.07 bits per heavy atom. The van der Waals surface area contributed by atoms with Gasteiger partial charge in [0.25, 0.3) is 0 Å². The van der Waals surface area contributed by atoms with E-state index in [1.807, 2.05) is 72.8 Å². The molecule has 0 amide bonds. The third kappa shape index (κ3) is 4.88. The molecular formula is C24H22O4. The highest BCUT2D eigenvalue weighted by Crippen LogP contribution is 2.27. The van der Waals surface area contributed by atoms with E-state index in [1.165, 1.54) is 0 Å². The molecule has 0 fully saturated rings. The van der Waals surface area contributed by atoms with Gasteiger partial charge >= 0.3 is 0 Å². The molecule has 0 aliphatic heterocycles. The molecule has 1 atom stereocenters. The van der Waals surface area contributed by atoms with E-state index in [0.29, 0.717) is 5.75 Å². The first kappa shape index (κ1) is 19.4. The van der Waals surface area contributed by atoms with Crippen LogP contribution in [0.3, 0.4) is 0 Å². The van der Waals surface area contributed by atoms with Crippen LogP contribution < -0.4 is 9.47 Å². The second-order valence-electron chi connectivity index (χ2n) is 6.10. The van der Waals surface area contributed by atoms with Gasteiger partial charge in [-0.3, -0.25) is 5.26 Å². The summed E-state index contributed by atoms with van der Waals surface area (Å²) in [6, 6.07) is 22.5. The van der Waals surface area contributed by atoms with Crippen molar-refractivity contribution in [1.29, 1.82) is 0 Å². The van der Waals surface area contributed by atoms with Crippen LogP contribution in [0, 0.1) is 0 Å². The molecule has 0 aromatic heterocycles. The van der Waals surface area contributed by atoms with E-state index in [4.69, 9.17) is 14.4 Å². The number of rotatable bonds is 9. The molecule has 0 radical (unpaired) electrons. The van der Waals surface area contributed by atoms with Crippen LogP contribution in [0.1, 0.15) is 28.4 Å². The highest BCUT2D eigenvalue weighted by atomic mass is 17.1. The summed E-state index contributed by atoms with van der Waals surface area (Å²) in [6.45, 7) is 7.55. The molecule has 3 rings (SSSR count). The van der Waals surface area contributed by atoms with Crippen molar-refractivity contribution in [2.75, 3.05) is 6.79 Å². The van der Waals surface area contributed by atoms with E-state index in [2.05, 4.69) is 13.2 Å². The smallest absolute Gasteiger partial charge is 0.230 e. The fourth-order valence-electron chi connectivity index (χ4n) is 2.73. The Bertz CT molecular complexity index is 897. The second-order valence-corrected chi connectivity index (χ2v) is 6.10. The molecule has 0 bridgehead atoms. The molecule has 0 aliphatic carbocycles. The topological polar surface area (TPSA) is 47.9 Å². The molecule has 3 aromatic rings. The predicted molar refractivity (Wildman–Crippen MR) is 111 cm³/mol. The summed E-state index contributed by atoms with van der Waals surface area (Å²) in [5.41, 5.74) is 3.68. The van der Waals surface area contributed by atoms with Crippen LogP contribution in [-0.2, 0) is 4.89 Å². The summed E-state index contributed by atoms with van der Waals surface area (Å²) in [7, 11) is 0. The van der Waals surface area contributed by atoms with Crippen molar-refractivity contribution < 1.29 is 19.6 Å². The molecule has 0 saturated heterocycles. The van der Waals surface area contributed by atoms with Crippen molar-refractivity contribution in [2.45, 2.75) is 6.10 Å². The Labute approximate surface area is 164 Å². The zero-order valence-corrected chi connectivity index (χ0v) is 15.5. The normalized spacial score (nSPS) is 11.5. The minimum absolute atomic E-state index is 0.0930. The standard InChI is InChI=1S/C24H22O4/c1-3-18-5-9-20(10-6-18)24(28-25)21-11-15-23(16-12-21)27-17-26-22-13-7-19(4-2)8-14-22/h3-16,24-25H,1-2,17H2. The molecule has 3 aromatic carbocycles. The maximum atomic E-state index is 9.36. The summed E-state index contributed by atoms with van der Waals surface area (Å²) in [4.78, 5) is 4.70. The summed E-state index contributed by atoms with van der Waals surface area (Å²) < 4.78 is 11.2. The lowest BCUT2D eigenvalue weighted by molar-refractivity contribution is -0.270. The average Bonchev–Trinajstić information content (AvgIpc) is 2.76. The molecule has 1 N–H and O–H groups in total. The zero-order valence-electron chi connectivity index (χ0n) is 15.5. The molecule has 1 unspecified atom stereocenters. The molecular weight excluding hydrogens is 352 g/mol. The van der Waals surface area contributed by atoms with Gasteiger partial charge in [0.15, 0.2) is 0 Å². The van der Waals surface area contributed by atoms with Gasteiger partial charge in [0.1, 0.15) is 17.6 Å². The minimum atomic E-state index is -0.576. The number of hydrogen-bond acceptors (Lipinski definition) is 4. The summed E-state index contributed by atoms with van der Waals surface area (Å²) in [6.07, 6.45) is 2.96. The lowest BCUT2D eigenvalue weighted by Crippen LogP contribution is -2.06. The van der Waals surface area contributed by atoms with E-state index >= 15 is 0 Å². The van der Waals surface area contributed by atoms with Crippen molar-refractivity contribution in [3.63, 3.8) is 0 Å².